The van der Waals surface area contributed by atoms with Gasteiger partial charge in [0.15, 0.2) is 0 Å². The topological polar surface area (TPSA) is 28.2 Å². The minimum atomic E-state index is 0.764. The fourth-order valence-electron chi connectivity index (χ4n) is 2.16. The highest BCUT2D eigenvalue weighted by Gasteiger charge is 2.29. The van der Waals surface area contributed by atoms with Crippen molar-refractivity contribution in [1.82, 2.24) is 15.2 Å². The molecule has 18 heavy (non-hydrogen) atoms. The quantitative estimate of drug-likeness (QED) is 0.785. The minimum absolute atomic E-state index is 0.764. The Bertz CT molecular complexity index is 367. The second-order valence-electron chi connectivity index (χ2n) is 4.93. The molecule has 1 saturated carbocycles. The number of rotatable bonds is 8. The Labute approximate surface area is 115 Å². The summed E-state index contributed by atoms with van der Waals surface area (Å²) < 4.78 is 0. The van der Waals surface area contributed by atoms with Gasteiger partial charge in [-0.05, 0) is 32.5 Å². The molecule has 1 aliphatic rings. The zero-order chi connectivity index (χ0) is 13.0. The number of hydrogen-bond acceptors (Lipinski definition) is 4. The van der Waals surface area contributed by atoms with E-state index in [0.29, 0.717) is 0 Å². The van der Waals surface area contributed by atoms with Crippen LogP contribution in [0.2, 0.25) is 0 Å². The predicted molar refractivity (Wildman–Crippen MR) is 78.1 cm³/mol. The molecule has 1 aromatic heterocycles. The van der Waals surface area contributed by atoms with Gasteiger partial charge in [0.1, 0.15) is 5.01 Å². The van der Waals surface area contributed by atoms with E-state index in [2.05, 4.69) is 31.0 Å². The Balaban J connectivity index is 2.06. The maximum atomic E-state index is 4.90. The molecule has 1 aromatic rings. The van der Waals surface area contributed by atoms with Crippen LogP contribution in [0.3, 0.4) is 0 Å². The van der Waals surface area contributed by atoms with Crippen molar-refractivity contribution in [2.24, 2.45) is 0 Å². The minimum Gasteiger partial charge on any atom is -0.312 e. The Morgan fingerprint density at radius 1 is 1.28 bits per heavy atom. The summed E-state index contributed by atoms with van der Waals surface area (Å²) >= 11 is 1.91. The first-order valence-corrected chi connectivity index (χ1v) is 8.01. The van der Waals surface area contributed by atoms with Gasteiger partial charge in [0, 0.05) is 17.3 Å². The molecule has 0 saturated heterocycles. The number of hydrogen-bond donors (Lipinski definition) is 1. The van der Waals surface area contributed by atoms with Crippen molar-refractivity contribution in [2.75, 3.05) is 19.6 Å². The predicted octanol–water partition coefficient (Wildman–Crippen LogP) is 2.97. The van der Waals surface area contributed by atoms with E-state index in [1.807, 2.05) is 11.3 Å². The fraction of sp³-hybridized carbons (Fsp3) is 0.786. The van der Waals surface area contributed by atoms with E-state index in [0.717, 1.165) is 38.6 Å². The summed E-state index contributed by atoms with van der Waals surface area (Å²) in [4.78, 5) is 8.81. The highest BCUT2D eigenvalue weighted by molar-refractivity contribution is 7.11. The molecule has 1 heterocycles. The summed E-state index contributed by atoms with van der Waals surface area (Å²) in [6.45, 7) is 11.9. The van der Waals surface area contributed by atoms with Crippen molar-refractivity contribution in [3.05, 3.63) is 15.6 Å². The fourth-order valence-corrected chi connectivity index (χ4v) is 3.33. The Morgan fingerprint density at radius 3 is 2.56 bits per heavy atom. The van der Waals surface area contributed by atoms with Crippen molar-refractivity contribution in [1.29, 1.82) is 0 Å². The third-order valence-corrected chi connectivity index (χ3v) is 4.58. The van der Waals surface area contributed by atoms with Crippen LogP contribution in [0.5, 0.6) is 0 Å². The molecule has 0 radical (unpaired) electrons. The molecule has 102 valence electrons. The standard InChI is InChI=1S/C14H25N3S/c1-4-15-9-12-14(11-7-8-11)16-13(18-12)10-17(5-2)6-3/h11,15H,4-10H2,1-3H3. The third-order valence-electron chi connectivity index (χ3n) is 3.52. The van der Waals surface area contributed by atoms with Crippen molar-refractivity contribution >= 4 is 11.3 Å². The van der Waals surface area contributed by atoms with Gasteiger partial charge >= 0.3 is 0 Å². The lowest BCUT2D eigenvalue weighted by Gasteiger charge is -2.15. The van der Waals surface area contributed by atoms with E-state index in [4.69, 9.17) is 4.98 Å². The first-order valence-electron chi connectivity index (χ1n) is 7.19. The molecule has 4 heteroatoms. The average Bonchev–Trinajstić information content (AvgIpc) is 3.15. The number of thiazole rings is 1. The molecule has 0 unspecified atom stereocenters. The van der Waals surface area contributed by atoms with Crippen LogP contribution in [0.4, 0.5) is 0 Å². The van der Waals surface area contributed by atoms with Gasteiger partial charge < -0.3 is 5.32 Å². The SMILES string of the molecule is CCNCc1sc(CN(CC)CC)nc1C1CC1. The first kappa shape index (κ1) is 14.0. The highest BCUT2D eigenvalue weighted by Crippen LogP contribution is 2.42. The normalized spacial score (nSPS) is 15.6. The van der Waals surface area contributed by atoms with Gasteiger partial charge in [-0.1, -0.05) is 20.8 Å². The third kappa shape index (κ3) is 3.53. The van der Waals surface area contributed by atoms with E-state index in [-0.39, 0.29) is 0 Å². The molecule has 0 aromatic carbocycles. The van der Waals surface area contributed by atoms with Crippen LogP contribution in [0, 0.1) is 0 Å². The van der Waals surface area contributed by atoms with Gasteiger partial charge in [-0.2, -0.15) is 0 Å². The van der Waals surface area contributed by atoms with Crippen molar-refractivity contribution < 1.29 is 0 Å². The van der Waals surface area contributed by atoms with Crippen LogP contribution in [0.15, 0.2) is 0 Å². The molecule has 1 fully saturated rings. The van der Waals surface area contributed by atoms with E-state index in [9.17, 15) is 0 Å². The van der Waals surface area contributed by atoms with Gasteiger partial charge in [0.2, 0.25) is 0 Å². The van der Waals surface area contributed by atoms with Gasteiger partial charge in [0.05, 0.1) is 12.2 Å². The summed E-state index contributed by atoms with van der Waals surface area (Å²) in [6.07, 6.45) is 2.68. The zero-order valence-corrected chi connectivity index (χ0v) is 12.6. The Morgan fingerprint density at radius 2 is 2.00 bits per heavy atom. The van der Waals surface area contributed by atoms with Crippen LogP contribution in [0.1, 0.15) is 55.1 Å². The lowest BCUT2D eigenvalue weighted by atomic mass is 10.2. The molecule has 1 aliphatic carbocycles. The molecule has 0 spiro atoms. The van der Waals surface area contributed by atoms with Crippen LogP contribution in [-0.4, -0.2) is 29.5 Å². The highest BCUT2D eigenvalue weighted by atomic mass is 32.1. The Hall–Kier alpha value is -0.450. The van der Waals surface area contributed by atoms with Gasteiger partial charge in [-0.3, -0.25) is 4.90 Å². The van der Waals surface area contributed by atoms with Crippen LogP contribution in [-0.2, 0) is 13.1 Å². The van der Waals surface area contributed by atoms with Crippen molar-refractivity contribution in [3.63, 3.8) is 0 Å². The van der Waals surface area contributed by atoms with E-state index >= 15 is 0 Å². The first-order chi connectivity index (χ1) is 8.78. The van der Waals surface area contributed by atoms with Crippen LogP contribution < -0.4 is 5.32 Å². The smallest absolute Gasteiger partial charge is 0.107 e. The number of nitrogens with zero attached hydrogens (tertiary/aromatic N) is 2. The molecule has 2 rings (SSSR count). The molecule has 1 N–H and O–H groups in total. The molecule has 0 amide bonds. The monoisotopic (exact) mass is 267 g/mol. The van der Waals surface area contributed by atoms with E-state index in [1.165, 1.54) is 28.4 Å². The Kier molecular flexibility index (Phi) is 5.15. The second-order valence-corrected chi connectivity index (χ2v) is 6.10. The summed E-state index contributed by atoms with van der Waals surface area (Å²) in [6, 6.07) is 0. The zero-order valence-electron chi connectivity index (χ0n) is 11.8. The maximum absolute atomic E-state index is 4.90. The molecule has 0 aliphatic heterocycles. The van der Waals surface area contributed by atoms with Crippen molar-refractivity contribution in [3.8, 4) is 0 Å². The summed E-state index contributed by atoms with van der Waals surface area (Å²) in [7, 11) is 0. The van der Waals surface area contributed by atoms with Gasteiger partial charge in [-0.15, -0.1) is 11.3 Å². The number of nitrogens with one attached hydrogen (secondary N) is 1. The second kappa shape index (κ2) is 6.64. The largest absolute Gasteiger partial charge is 0.312 e. The van der Waals surface area contributed by atoms with Crippen LogP contribution in [0.25, 0.3) is 0 Å². The maximum Gasteiger partial charge on any atom is 0.107 e. The van der Waals surface area contributed by atoms with Crippen molar-refractivity contribution in [2.45, 2.75) is 52.6 Å². The lowest BCUT2D eigenvalue weighted by molar-refractivity contribution is 0.295. The number of aromatic nitrogens is 1. The van der Waals surface area contributed by atoms with E-state index in [1.54, 1.807) is 0 Å². The molecule has 3 nitrogen and oxygen atoms in total. The van der Waals surface area contributed by atoms with Gasteiger partial charge in [0.25, 0.3) is 0 Å². The molecular weight excluding hydrogens is 242 g/mol. The average molecular weight is 267 g/mol. The van der Waals surface area contributed by atoms with E-state index < -0.39 is 0 Å². The summed E-state index contributed by atoms with van der Waals surface area (Å²) in [5.41, 5.74) is 1.39. The molecular formula is C14H25N3S. The summed E-state index contributed by atoms with van der Waals surface area (Å²) in [5.74, 6) is 0.764. The van der Waals surface area contributed by atoms with Gasteiger partial charge in [-0.25, -0.2) is 4.98 Å². The summed E-state index contributed by atoms with van der Waals surface area (Å²) in [5, 5.41) is 4.74. The molecule has 0 bridgehead atoms. The van der Waals surface area contributed by atoms with Crippen LogP contribution >= 0.6 is 11.3 Å². The molecule has 0 atom stereocenters. The lowest BCUT2D eigenvalue weighted by Crippen LogP contribution is -2.21.